The summed E-state index contributed by atoms with van der Waals surface area (Å²) < 4.78 is 10.5. The molecule has 0 aliphatic carbocycles. The highest BCUT2D eigenvalue weighted by molar-refractivity contribution is 5.77. The average Bonchev–Trinajstić information content (AvgIpc) is 2.61. The molecule has 6 heteroatoms. The lowest BCUT2D eigenvalue weighted by Gasteiger charge is -2.09. The fourth-order valence-corrected chi connectivity index (χ4v) is 2.44. The van der Waals surface area contributed by atoms with E-state index >= 15 is 0 Å². The number of nitrogens with zero attached hydrogens (tertiary/aromatic N) is 1. The van der Waals surface area contributed by atoms with Crippen molar-refractivity contribution in [3.05, 3.63) is 53.6 Å². The molecule has 0 aromatic heterocycles. The Morgan fingerprint density at radius 1 is 1.04 bits per heavy atom. The number of rotatable bonds is 8. The van der Waals surface area contributed by atoms with Gasteiger partial charge in [0.15, 0.2) is 17.5 Å². The molecule has 0 spiro atoms. The van der Waals surface area contributed by atoms with Gasteiger partial charge in [-0.2, -0.15) is 0 Å². The van der Waals surface area contributed by atoms with Crippen molar-refractivity contribution in [1.82, 2.24) is 5.32 Å². The normalized spacial score (nSPS) is 11.2. The summed E-state index contributed by atoms with van der Waals surface area (Å²) in [5.74, 6) is 2.11. The molecule has 25 heavy (non-hydrogen) atoms. The molecule has 4 N–H and O–H groups in total. The Morgan fingerprint density at radius 3 is 2.52 bits per heavy atom. The minimum Gasteiger partial charge on any atom is -0.508 e. The van der Waals surface area contributed by atoms with Crippen molar-refractivity contribution in [2.45, 2.75) is 12.8 Å². The third-order valence-corrected chi connectivity index (χ3v) is 3.76. The van der Waals surface area contributed by atoms with Crippen LogP contribution in [0.1, 0.15) is 11.1 Å². The van der Waals surface area contributed by atoms with Crippen LogP contribution in [0.3, 0.4) is 0 Å². The Kier molecular flexibility index (Phi) is 6.95. The molecular formula is C19H25N3O3. The second-order valence-electron chi connectivity index (χ2n) is 5.55. The van der Waals surface area contributed by atoms with E-state index in [-0.39, 0.29) is 5.75 Å². The summed E-state index contributed by atoms with van der Waals surface area (Å²) in [6, 6.07) is 13.0. The summed E-state index contributed by atoms with van der Waals surface area (Å²) in [5, 5.41) is 12.5. The van der Waals surface area contributed by atoms with Crippen molar-refractivity contribution in [2.24, 2.45) is 10.7 Å². The largest absolute Gasteiger partial charge is 0.508 e. The molecule has 0 radical (unpaired) electrons. The number of guanidine groups is 1. The van der Waals surface area contributed by atoms with Crippen LogP contribution in [0.4, 0.5) is 0 Å². The van der Waals surface area contributed by atoms with Crippen molar-refractivity contribution in [3.63, 3.8) is 0 Å². The molecule has 0 aliphatic heterocycles. The number of nitrogens with one attached hydrogen (secondary N) is 1. The number of hydrogen-bond acceptors (Lipinski definition) is 4. The molecule has 134 valence electrons. The molecule has 0 bridgehead atoms. The van der Waals surface area contributed by atoms with Crippen LogP contribution in [0.5, 0.6) is 17.2 Å². The molecule has 0 amide bonds. The number of ether oxygens (including phenoxy) is 2. The van der Waals surface area contributed by atoms with Gasteiger partial charge < -0.3 is 25.6 Å². The van der Waals surface area contributed by atoms with E-state index in [1.54, 1.807) is 26.4 Å². The lowest BCUT2D eigenvalue weighted by atomic mass is 10.1. The first kappa shape index (κ1) is 18.4. The molecule has 2 rings (SSSR count). The maximum atomic E-state index is 9.43. The van der Waals surface area contributed by atoms with E-state index in [1.807, 2.05) is 30.3 Å². The van der Waals surface area contributed by atoms with Crippen LogP contribution < -0.4 is 20.5 Å². The summed E-state index contributed by atoms with van der Waals surface area (Å²) in [7, 11) is 3.24. The average molecular weight is 343 g/mol. The van der Waals surface area contributed by atoms with Crippen LogP contribution in [0.15, 0.2) is 47.5 Å². The Labute approximate surface area is 148 Å². The predicted octanol–water partition coefficient (Wildman–Crippen LogP) is 2.10. The summed E-state index contributed by atoms with van der Waals surface area (Å²) >= 11 is 0. The number of phenols is 1. The Morgan fingerprint density at radius 2 is 1.80 bits per heavy atom. The monoisotopic (exact) mass is 343 g/mol. The van der Waals surface area contributed by atoms with E-state index in [1.165, 1.54) is 0 Å². The van der Waals surface area contributed by atoms with Crippen molar-refractivity contribution in [2.75, 3.05) is 27.3 Å². The van der Waals surface area contributed by atoms with E-state index in [2.05, 4.69) is 10.3 Å². The smallest absolute Gasteiger partial charge is 0.188 e. The highest BCUT2D eigenvalue weighted by Gasteiger charge is 2.04. The zero-order valence-electron chi connectivity index (χ0n) is 14.7. The zero-order chi connectivity index (χ0) is 18.1. The third kappa shape index (κ3) is 5.91. The fraction of sp³-hybridized carbons (Fsp3) is 0.316. The molecule has 0 saturated carbocycles. The van der Waals surface area contributed by atoms with Crippen LogP contribution >= 0.6 is 0 Å². The lowest BCUT2D eigenvalue weighted by Crippen LogP contribution is -2.33. The molecule has 2 aromatic carbocycles. The summed E-state index contributed by atoms with van der Waals surface area (Å²) in [6.07, 6.45) is 1.52. The van der Waals surface area contributed by atoms with Crippen LogP contribution in [0.2, 0.25) is 0 Å². The van der Waals surface area contributed by atoms with Gasteiger partial charge in [-0.15, -0.1) is 0 Å². The van der Waals surface area contributed by atoms with Gasteiger partial charge in [-0.25, -0.2) is 0 Å². The molecule has 0 atom stereocenters. The summed E-state index contributed by atoms with van der Waals surface area (Å²) in [4.78, 5) is 4.33. The standard InChI is InChI=1S/C19H25N3O3/c1-24-17-7-6-15(13-18(17)25-2)9-11-22-19(20)21-10-8-14-4-3-5-16(23)12-14/h3-7,12-13,23H,8-11H2,1-2H3,(H3,20,21,22). The second-order valence-corrected chi connectivity index (χ2v) is 5.55. The van der Waals surface area contributed by atoms with Gasteiger partial charge in [-0.05, 0) is 48.2 Å². The Bertz CT molecular complexity index is 717. The van der Waals surface area contributed by atoms with Gasteiger partial charge in [0.2, 0.25) is 0 Å². The zero-order valence-corrected chi connectivity index (χ0v) is 14.7. The van der Waals surface area contributed by atoms with E-state index in [4.69, 9.17) is 15.2 Å². The van der Waals surface area contributed by atoms with Gasteiger partial charge in [0, 0.05) is 13.1 Å². The third-order valence-electron chi connectivity index (χ3n) is 3.76. The van der Waals surface area contributed by atoms with E-state index in [0.717, 1.165) is 24.0 Å². The van der Waals surface area contributed by atoms with E-state index < -0.39 is 0 Å². The molecular weight excluding hydrogens is 318 g/mol. The number of phenolic OH excluding ortho intramolecular Hbond substituents is 1. The molecule has 0 heterocycles. The maximum absolute atomic E-state index is 9.43. The molecule has 0 unspecified atom stereocenters. The number of hydrogen-bond donors (Lipinski definition) is 3. The molecule has 2 aromatic rings. The number of nitrogens with two attached hydrogens (primary N) is 1. The summed E-state index contributed by atoms with van der Waals surface area (Å²) in [6.45, 7) is 1.25. The highest BCUT2D eigenvalue weighted by atomic mass is 16.5. The Hall–Kier alpha value is -2.89. The number of benzene rings is 2. The first-order valence-electron chi connectivity index (χ1n) is 8.15. The lowest BCUT2D eigenvalue weighted by molar-refractivity contribution is 0.354. The van der Waals surface area contributed by atoms with Crippen molar-refractivity contribution >= 4 is 5.96 Å². The van der Waals surface area contributed by atoms with Gasteiger partial charge >= 0.3 is 0 Å². The van der Waals surface area contributed by atoms with Crippen LogP contribution in [0, 0.1) is 0 Å². The van der Waals surface area contributed by atoms with Gasteiger partial charge in [0.1, 0.15) is 5.75 Å². The van der Waals surface area contributed by atoms with Crippen molar-refractivity contribution in [1.29, 1.82) is 0 Å². The molecule has 0 aliphatic rings. The van der Waals surface area contributed by atoms with Crippen LogP contribution in [0.25, 0.3) is 0 Å². The first-order chi connectivity index (χ1) is 12.1. The van der Waals surface area contributed by atoms with Crippen molar-refractivity contribution < 1.29 is 14.6 Å². The van der Waals surface area contributed by atoms with E-state index in [0.29, 0.717) is 30.5 Å². The number of methoxy groups -OCH3 is 2. The van der Waals surface area contributed by atoms with Crippen LogP contribution in [-0.4, -0.2) is 38.4 Å². The van der Waals surface area contributed by atoms with Gasteiger partial charge in [-0.3, -0.25) is 4.99 Å². The SMILES string of the molecule is COc1ccc(CCN=C(N)NCCc2cccc(O)c2)cc1OC. The minimum atomic E-state index is 0.272. The predicted molar refractivity (Wildman–Crippen MR) is 99.6 cm³/mol. The van der Waals surface area contributed by atoms with E-state index in [9.17, 15) is 5.11 Å². The van der Waals surface area contributed by atoms with Crippen LogP contribution in [-0.2, 0) is 12.8 Å². The quantitative estimate of drug-likeness (QED) is 0.504. The van der Waals surface area contributed by atoms with Gasteiger partial charge in [-0.1, -0.05) is 18.2 Å². The second kappa shape index (κ2) is 9.42. The molecule has 0 fully saturated rings. The van der Waals surface area contributed by atoms with Crippen molar-refractivity contribution in [3.8, 4) is 17.2 Å². The molecule has 6 nitrogen and oxygen atoms in total. The first-order valence-corrected chi connectivity index (χ1v) is 8.15. The molecule has 0 saturated heterocycles. The Balaban J connectivity index is 1.77. The highest BCUT2D eigenvalue weighted by Crippen LogP contribution is 2.27. The minimum absolute atomic E-state index is 0.272. The maximum Gasteiger partial charge on any atom is 0.188 e. The van der Waals surface area contributed by atoms with Gasteiger partial charge in [0.05, 0.1) is 14.2 Å². The van der Waals surface area contributed by atoms with Gasteiger partial charge in [0.25, 0.3) is 0 Å². The number of aliphatic imine (C=N–C) groups is 1. The summed E-state index contributed by atoms with van der Waals surface area (Å²) in [5.41, 5.74) is 8.03. The fourth-order valence-electron chi connectivity index (χ4n) is 2.44. The number of aromatic hydroxyl groups is 1. The topological polar surface area (TPSA) is 89.1 Å².